The Balaban J connectivity index is 1.54. The van der Waals surface area contributed by atoms with Gasteiger partial charge in [0.25, 0.3) is 0 Å². The fourth-order valence-electron chi connectivity index (χ4n) is 5.09. The molecular formula is C22H20F2N8. The summed E-state index contributed by atoms with van der Waals surface area (Å²) in [5, 5.41) is 8.85. The molecule has 0 saturated carbocycles. The summed E-state index contributed by atoms with van der Waals surface area (Å²) in [5.41, 5.74) is 0.883. The van der Waals surface area contributed by atoms with E-state index in [4.69, 9.17) is 4.98 Å². The van der Waals surface area contributed by atoms with Crippen molar-refractivity contribution in [3.63, 3.8) is 0 Å². The van der Waals surface area contributed by atoms with Crippen LogP contribution in [-0.2, 0) is 5.54 Å². The number of aromatic nitrogens is 7. The SMILES string of the molecule is CC[C@@]12CCCN1c1nc(-n3ccnc3-c3cc(F)cc(F)c3)ncc1-n1c(C)nnc12. The van der Waals surface area contributed by atoms with Gasteiger partial charge in [-0.25, -0.2) is 18.7 Å². The zero-order chi connectivity index (χ0) is 22.0. The van der Waals surface area contributed by atoms with Crippen LogP contribution in [0, 0.1) is 18.6 Å². The van der Waals surface area contributed by atoms with E-state index in [1.807, 2.05) is 11.5 Å². The topological polar surface area (TPSA) is 77.5 Å². The fourth-order valence-corrected chi connectivity index (χ4v) is 5.09. The number of benzene rings is 1. The summed E-state index contributed by atoms with van der Waals surface area (Å²) in [6, 6.07) is 3.33. The molecule has 0 N–H and O–H groups in total. The number of halogens is 2. The molecule has 1 saturated heterocycles. The third kappa shape index (κ3) is 2.49. The maximum atomic E-state index is 13.8. The summed E-state index contributed by atoms with van der Waals surface area (Å²) < 4.78 is 31.3. The molecule has 0 amide bonds. The molecule has 1 aromatic carbocycles. The van der Waals surface area contributed by atoms with Crippen molar-refractivity contribution in [3.8, 4) is 23.0 Å². The molecule has 1 fully saturated rings. The number of aryl methyl sites for hydroxylation is 1. The highest BCUT2D eigenvalue weighted by Crippen LogP contribution is 2.49. The standard InChI is InChI=1S/C22H20F2N8/c1-3-22-5-4-7-31(22)19-17(32-13(2)28-29-20(22)32)12-26-21(27-19)30-8-6-25-18(30)14-9-15(23)11-16(24)10-14/h6,8-12H,3-5,7H2,1-2H3/t22-/m0/s1. The molecule has 0 spiro atoms. The number of fused-ring (bicyclic) bond motifs is 6. The molecule has 0 radical (unpaired) electrons. The molecule has 32 heavy (non-hydrogen) atoms. The summed E-state index contributed by atoms with van der Waals surface area (Å²) in [6.07, 6.45) is 7.88. The van der Waals surface area contributed by atoms with E-state index in [0.717, 1.165) is 55.0 Å². The van der Waals surface area contributed by atoms with Crippen molar-refractivity contribution in [2.24, 2.45) is 0 Å². The first-order valence-electron chi connectivity index (χ1n) is 10.6. The molecule has 6 rings (SSSR count). The van der Waals surface area contributed by atoms with Crippen LogP contribution < -0.4 is 4.90 Å². The van der Waals surface area contributed by atoms with Crippen LogP contribution in [-0.4, -0.2) is 40.8 Å². The van der Waals surface area contributed by atoms with Crippen molar-refractivity contribution in [1.82, 2.24) is 34.3 Å². The Bertz CT molecular complexity index is 1340. The molecule has 5 heterocycles. The predicted molar refractivity (Wildman–Crippen MR) is 113 cm³/mol. The Morgan fingerprint density at radius 3 is 2.69 bits per heavy atom. The number of anilines is 1. The molecule has 2 aliphatic rings. The van der Waals surface area contributed by atoms with Crippen molar-refractivity contribution in [1.29, 1.82) is 0 Å². The number of nitrogens with zero attached hydrogens (tertiary/aromatic N) is 8. The maximum absolute atomic E-state index is 13.8. The molecule has 0 aliphatic carbocycles. The van der Waals surface area contributed by atoms with Gasteiger partial charge in [0.15, 0.2) is 11.6 Å². The molecule has 10 heteroatoms. The zero-order valence-electron chi connectivity index (χ0n) is 17.6. The highest BCUT2D eigenvalue weighted by Gasteiger charge is 2.50. The lowest BCUT2D eigenvalue weighted by atomic mass is 9.90. The van der Waals surface area contributed by atoms with Crippen LogP contribution in [0.4, 0.5) is 14.6 Å². The van der Waals surface area contributed by atoms with E-state index in [1.165, 1.54) is 12.1 Å². The quantitative estimate of drug-likeness (QED) is 0.489. The van der Waals surface area contributed by atoms with E-state index in [0.29, 0.717) is 17.3 Å². The van der Waals surface area contributed by atoms with Gasteiger partial charge in [-0.15, -0.1) is 10.2 Å². The maximum Gasteiger partial charge on any atom is 0.237 e. The van der Waals surface area contributed by atoms with Crippen molar-refractivity contribution in [2.75, 3.05) is 11.4 Å². The molecule has 1 atom stereocenters. The zero-order valence-corrected chi connectivity index (χ0v) is 17.6. The fraction of sp³-hybridized carbons (Fsp3) is 0.318. The van der Waals surface area contributed by atoms with Gasteiger partial charge in [-0.05, 0) is 38.3 Å². The van der Waals surface area contributed by atoms with E-state index >= 15 is 0 Å². The number of hydrogen-bond acceptors (Lipinski definition) is 6. The average Bonchev–Trinajstić information content (AvgIpc) is 3.51. The van der Waals surface area contributed by atoms with Gasteiger partial charge in [-0.3, -0.25) is 9.13 Å². The Hall–Kier alpha value is -3.69. The monoisotopic (exact) mass is 434 g/mol. The average molecular weight is 434 g/mol. The lowest BCUT2D eigenvalue weighted by Crippen LogP contribution is -2.47. The third-order valence-corrected chi connectivity index (χ3v) is 6.53. The molecule has 4 aromatic rings. The summed E-state index contributed by atoms with van der Waals surface area (Å²) in [5.74, 6) is 1.93. The van der Waals surface area contributed by atoms with E-state index in [2.05, 4.69) is 32.0 Å². The van der Waals surface area contributed by atoms with Crippen LogP contribution in [0.2, 0.25) is 0 Å². The van der Waals surface area contributed by atoms with Crippen LogP contribution in [0.5, 0.6) is 0 Å². The molecule has 0 unspecified atom stereocenters. The van der Waals surface area contributed by atoms with Gasteiger partial charge < -0.3 is 4.90 Å². The Kier molecular flexibility index (Phi) is 3.96. The minimum Gasteiger partial charge on any atom is -0.342 e. The summed E-state index contributed by atoms with van der Waals surface area (Å²) in [7, 11) is 0. The first-order valence-corrected chi connectivity index (χ1v) is 10.6. The highest BCUT2D eigenvalue weighted by molar-refractivity contribution is 5.66. The van der Waals surface area contributed by atoms with Gasteiger partial charge in [0.2, 0.25) is 5.95 Å². The van der Waals surface area contributed by atoms with E-state index in [9.17, 15) is 8.78 Å². The van der Waals surface area contributed by atoms with E-state index < -0.39 is 11.6 Å². The van der Waals surface area contributed by atoms with E-state index in [1.54, 1.807) is 23.2 Å². The number of rotatable bonds is 3. The molecule has 2 aliphatic heterocycles. The minimum atomic E-state index is -0.665. The molecule has 8 nitrogen and oxygen atoms in total. The van der Waals surface area contributed by atoms with Gasteiger partial charge >= 0.3 is 0 Å². The molecule has 3 aromatic heterocycles. The Morgan fingerprint density at radius 2 is 1.91 bits per heavy atom. The Labute approximate surface area is 182 Å². The number of imidazole rings is 1. The first kappa shape index (κ1) is 19.0. The highest BCUT2D eigenvalue weighted by atomic mass is 19.1. The predicted octanol–water partition coefficient (Wildman–Crippen LogP) is 3.72. The van der Waals surface area contributed by atoms with Crippen LogP contribution in [0.25, 0.3) is 23.0 Å². The first-order chi connectivity index (χ1) is 15.5. The van der Waals surface area contributed by atoms with Gasteiger partial charge in [0.05, 0.1) is 6.20 Å². The van der Waals surface area contributed by atoms with E-state index in [-0.39, 0.29) is 5.54 Å². The normalized spacial score (nSPS) is 19.1. The Morgan fingerprint density at radius 1 is 1.09 bits per heavy atom. The van der Waals surface area contributed by atoms with Crippen LogP contribution in [0.15, 0.2) is 36.8 Å². The smallest absolute Gasteiger partial charge is 0.237 e. The van der Waals surface area contributed by atoms with Crippen molar-refractivity contribution < 1.29 is 8.78 Å². The van der Waals surface area contributed by atoms with Crippen LogP contribution in [0.1, 0.15) is 37.8 Å². The molecular weight excluding hydrogens is 414 g/mol. The van der Waals surface area contributed by atoms with Crippen molar-refractivity contribution in [3.05, 3.63) is 60.1 Å². The molecule has 162 valence electrons. The third-order valence-electron chi connectivity index (χ3n) is 6.53. The minimum absolute atomic E-state index is 0.261. The lowest BCUT2D eigenvalue weighted by Gasteiger charge is -2.42. The second kappa shape index (κ2) is 6.65. The van der Waals surface area contributed by atoms with Gasteiger partial charge in [-0.2, -0.15) is 4.98 Å². The van der Waals surface area contributed by atoms with Crippen LogP contribution >= 0.6 is 0 Å². The molecule has 0 bridgehead atoms. The van der Waals surface area contributed by atoms with Crippen LogP contribution in [0.3, 0.4) is 0 Å². The van der Waals surface area contributed by atoms with Gasteiger partial charge in [0, 0.05) is 30.6 Å². The lowest BCUT2D eigenvalue weighted by molar-refractivity contribution is 0.381. The second-order valence-electron chi connectivity index (χ2n) is 8.20. The second-order valence-corrected chi connectivity index (χ2v) is 8.20. The van der Waals surface area contributed by atoms with Gasteiger partial charge in [0.1, 0.15) is 34.5 Å². The summed E-state index contributed by atoms with van der Waals surface area (Å²) >= 11 is 0. The largest absolute Gasteiger partial charge is 0.342 e. The summed E-state index contributed by atoms with van der Waals surface area (Å²) in [6.45, 7) is 4.94. The summed E-state index contributed by atoms with van der Waals surface area (Å²) in [4.78, 5) is 16.1. The number of hydrogen-bond donors (Lipinski definition) is 0. The van der Waals surface area contributed by atoms with Crippen molar-refractivity contribution >= 4 is 5.82 Å². The van der Waals surface area contributed by atoms with Crippen molar-refractivity contribution in [2.45, 2.75) is 38.6 Å². The van der Waals surface area contributed by atoms with Gasteiger partial charge in [-0.1, -0.05) is 6.92 Å².